The van der Waals surface area contributed by atoms with Gasteiger partial charge in [0.05, 0.1) is 11.9 Å². The maximum atomic E-state index is 11.9. The molecule has 1 heterocycles. The Morgan fingerprint density at radius 1 is 1.11 bits per heavy atom. The minimum atomic E-state index is -0.560. The number of nitrogens with two attached hydrogens (primary N) is 1. The Balaban J connectivity index is 1.93. The lowest BCUT2D eigenvalue weighted by molar-refractivity contribution is 0.246. The third kappa shape index (κ3) is 2.81. The van der Waals surface area contributed by atoms with Gasteiger partial charge in [-0.1, -0.05) is 54.6 Å². The number of carbonyl (C=O) groups is 1. The summed E-state index contributed by atoms with van der Waals surface area (Å²) < 4.78 is 1.31. The molecule has 2 N–H and O–H groups in total. The first-order chi connectivity index (χ1) is 13.0. The van der Waals surface area contributed by atoms with Crippen molar-refractivity contribution in [3.63, 3.8) is 0 Å². The largest absolute Gasteiger partial charge is 0.378 e. The Hall–Kier alpha value is -3.34. The molecule has 0 bridgehead atoms. The van der Waals surface area contributed by atoms with Crippen LogP contribution in [-0.4, -0.2) is 29.9 Å². The molecule has 1 unspecified atom stereocenters. The molecule has 0 radical (unpaired) electrons. The van der Waals surface area contributed by atoms with Gasteiger partial charge in [0.25, 0.3) is 0 Å². The van der Waals surface area contributed by atoms with E-state index in [4.69, 9.17) is 5.73 Å². The maximum absolute atomic E-state index is 11.9. The van der Waals surface area contributed by atoms with E-state index >= 15 is 0 Å². The number of anilines is 1. The quantitative estimate of drug-likeness (QED) is 0.780. The van der Waals surface area contributed by atoms with Crippen molar-refractivity contribution in [1.29, 1.82) is 0 Å². The first kappa shape index (κ1) is 17.1. The minimum Gasteiger partial charge on any atom is -0.378 e. The second-order valence-electron chi connectivity index (χ2n) is 7.09. The normalized spacial score (nSPS) is 18.1. The molecule has 0 spiro atoms. The molecular formula is C22H22N4O. The van der Waals surface area contributed by atoms with Gasteiger partial charge in [0.1, 0.15) is 0 Å². The van der Waals surface area contributed by atoms with Gasteiger partial charge >= 0.3 is 6.03 Å². The van der Waals surface area contributed by atoms with Gasteiger partial charge < -0.3 is 10.6 Å². The lowest BCUT2D eigenvalue weighted by atomic mass is 9.68. The molecule has 1 aromatic heterocycles. The molecule has 1 atom stereocenters. The van der Waals surface area contributed by atoms with Crippen LogP contribution in [0.25, 0.3) is 6.08 Å². The highest BCUT2D eigenvalue weighted by molar-refractivity contribution is 5.77. The molecule has 5 nitrogen and oxygen atoms in total. The summed E-state index contributed by atoms with van der Waals surface area (Å²) in [7, 11) is 4.07. The molecule has 3 aromatic rings. The maximum Gasteiger partial charge on any atom is 0.339 e. The zero-order valence-electron chi connectivity index (χ0n) is 15.5. The summed E-state index contributed by atoms with van der Waals surface area (Å²) in [5, 5.41) is 4.18. The molecule has 1 aliphatic rings. The third-order valence-corrected chi connectivity index (χ3v) is 5.27. The average molecular weight is 358 g/mol. The number of amides is 1. The van der Waals surface area contributed by atoms with E-state index in [0.717, 1.165) is 16.9 Å². The van der Waals surface area contributed by atoms with E-state index in [1.807, 2.05) is 38.4 Å². The summed E-state index contributed by atoms with van der Waals surface area (Å²) in [6.45, 7) is 0. The summed E-state index contributed by atoms with van der Waals surface area (Å²) in [4.78, 5) is 13.9. The molecule has 0 saturated heterocycles. The van der Waals surface area contributed by atoms with Gasteiger partial charge in [-0.2, -0.15) is 9.78 Å². The zero-order valence-corrected chi connectivity index (χ0v) is 15.5. The highest BCUT2D eigenvalue weighted by Gasteiger charge is 2.37. The summed E-state index contributed by atoms with van der Waals surface area (Å²) in [6, 6.07) is 18.3. The van der Waals surface area contributed by atoms with Crippen LogP contribution in [0.4, 0.5) is 10.5 Å². The number of nitrogens with zero attached hydrogens (tertiary/aromatic N) is 3. The van der Waals surface area contributed by atoms with Crippen LogP contribution < -0.4 is 10.6 Å². The van der Waals surface area contributed by atoms with E-state index < -0.39 is 11.4 Å². The Labute approximate surface area is 158 Å². The molecule has 1 aliphatic carbocycles. The fourth-order valence-electron chi connectivity index (χ4n) is 3.81. The van der Waals surface area contributed by atoms with Gasteiger partial charge in [-0.05, 0) is 23.3 Å². The van der Waals surface area contributed by atoms with Gasteiger partial charge in [-0.25, -0.2) is 4.79 Å². The lowest BCUT2D eigenvalue weighted by Crippen LogP contribution is -2.33. The Kier molecular flexibility index (Phi) is 4.07. The topological polar surface area (TPSA) is 64.2 Å². The van der Waals surface area contributed by atoms with Crippen LogP contribution in [0.2, 0.25) is 0 Å². The number of primary amides is 1. The molecule has 1 amide bonds. The lowest BCUT2D eigenvalue weighted by Gasteiger charge is -2.35. The van der Waals surface area contributed by atoms with E-state index in [0.29, 0.717) is 6.42 Å². The summed E-state index contributed by atoms with van der Waals surface area (Å²) in [6.07, 6.45) is 6.57. The van der Waals surface area contributed by atoms with E-state index in [-0.39, 0.29) is 0 Å². The second kappa shape index (κ2) is 6.43. The molecule has 0 saturated carbocycles. The number of aromatic nitrogens is 2. The van der Waals surface area contributed by atoms with Crippen molar-refractivity contribution in [2.45, 2.75) is 11.8 Å². The summed E-state index contributed by atoms with van der Waals surface area (Å²) in [5.41, 5.74) is 10.4. The van der Waals surface area contributed by atoms with Crippen LogP contribution in [0.5, 0.6) is 0 Å². The van der Waals surface area contributed by atoms with E-state index in [1.54, 1.807) is 6.20 Å². The predicted molar refractivity (Wildman–Crippen MR) is 108 cm³/mol. The van der Waals surface area contributed by atoms with Crippen LogP contribution in [0.1, 0.15) is 22.4 Å². The predicted octanol–water partition coefficient (Wildman–Crippen LogP) is 3.43. The molecule has 0 aliphatic heterocycles. The monoisotopic (exact) mass is 358 g/mol. The molecule has 5 heteroatoms. The van der Waals surface area contributed by atoms with E-state index in [2.05, 4.69) is 52.5 Å². The van der Waals surface area contributed by atoms with Crippen LogP contribution >= 0.6 is 0 Å². The average Bonchev–Trinajstić information content (AvgIpc) is 3.11. The van der Waals surface area contributed by atoms with Gasteiger partial charge in [-0.15, -0.1) is 0 Å². The number of allylic oxidation sites excluding steroid dienone is 1. The number of hydrogen-bond donors (Lipinski definition) is 1. The fraction of sp³-hybridized carbons (Fsp3) is 0.182. The number of rotatable bonds is 3. The molecule has 27 heavy (non-hydrogen) atoms. The summed E-state index contributed by atoms with van der Waals surface area (Å²) >= 11 is 0. The molecular weight excluding hydrogens is 336 g/mol. The second-order valence-corrected chi connectivity index (χ2v) is 7.09. The molecule has 0 fully saturated rings. The van der Waals surface area contributed by atoms with Crippen molar-refractivity contribution in [3.05, 3.63) is 89.3 Å². The number of benzene rings is 2. The van der Waals surface area contributed by atoms with Gasteiger partial charge in [0.15, 0.2) is 0 Å². The first-order valence-electron chi connectivity index (χ1n) is 8.90. The third-order valence-electron chi connectivity index (χ3n) is 5.27. The number of hydrogen-bond acceptors (Lipinski definition) is 3. The Bertz CT molecular complexity index is 1020. The highest BCUT2D eigenvalue weighted by Crippen LogP contribution is 2.42. The van der Waals surface area contributed by atoms with Crippen molar-refractivity contribution in [2.24, 2.45) is 5.73 Å². The van der Waals surface area contributed by atoms with Gasteiger partial charge in [0, 0.05) is 37.2 Å². The van der Waals surface area contributed by atoms with Crippen LogP contribution in [-0.2, 0) is 11.8 Å². The number of carbonyl (C=O) groups excluding carboxylic acids is 1. The molecule has 4 rings (SSSR count). The molecule has 136 valence electrons. The van der Waals surface area contributed by atoms with Crippen molar-refractivity contribution in [2.75, 3.05) is 19.0 Å². The van der Waals surface area contributed by atoms with Crippen LogP contribution in [0.15, 0.2) is 66.9 Å². The van der Waals surface area contributed by atoms with Crippen LogP contribution in [0.3, 0.4) is 0 Å². The van der Waals surface area contributed by atoms with Gasteiger partial charge in [-0.3, -0.25) is 0 Å². The first-order valence-corrected chi connectivity index (χ1v) is 8.90. The Morgan fingerprint density at radius 3 is 2.56 bits per heavy atom. The summed E-state index contributed by atoms with van der Waals surface area (Å²) in [5.74, 6) is 0. The molecule has 2 aromatic carbocycles. The number of fused-ring (bicyclic) bond motifs is 1. The highest BCUT2D eigenvalue weighted by atomic mass is 16.2. The van der Waals surface area contributed by atoms with Crippen LogP contribution in [0, 0.1) is 0 Å². The fourth-order valence-corrected chi connectivity index (χ4v) is 3.81. The Morgan fingerprint density at radius 2 is 1.85 bits per heavy atom. The van der Waals surface area contributed by atoms with Crippen molar-refractivity contribution in [1.82, 2.24) is 9.78 Å². The zero-order chi connectivity index (χ0) is 19.0. The van der Waals surface area contributed by atoms with E-state index in [1.165, 1.54) is 15.8 Å². The van der Waals surface area contributed by atoms with Crippen molar-refractivity contribution < 1.29 is 4.79 Å². The minimum absolute atomic E-state index is 0.395. The SMILES string of the molecule is CN(C)c1cccc(C2(c3ccccc3)C=Cc3cnn(C(N)=O)c3C2)c1. The van der Waals surface area contributed by atoms with Crippen molar-refractivity contribution in [3.8, 4) is 0 Å². The standard InChI is InChI=1S/C22H22N4O/c1-25(2)19-10-6-9-18(13-19)22(17-7-4-3-5-8-17)12-11-16-15-24-26(21(23)27)20(16)14-22/h3-13,15H,14H2,1-2H3,(H2,23,27). The van der Waals surface area contributed by atoms with Gasteiger partial charge in [0.2, 0.25) is 0 Å². The van der Waals surface area contributed by atoms with E-state index in [9.17, 15) is 4.79 Å². The van der Waals surface area contributed by atoms with Crippen molar-refractivity contribution >= 4 is 17.8 Å². The smallest absolute Gasteiger partial charge is 0.339 e.